The van der Waals surface area contributed by atoms with Gasteiger partial charge in [0.15, 0.2) is 0 Å². The Kier molecular flexibility index (Phi) is 3.66. The molecule has 0 bridgehead atoms. The summed E-state index contributed by atoms with van der Waals surface area (Å²) in [6.45, 7) is 0.946. The number of hydrogen-bond acceptors (Lipinski definition) is 3. The number of hydrogen-bond donors (Lipinski definition) is 1. The van der Waals surface area contributed by atoms with Crippen LogP contribution in [-0.4, -0.2) is 36.6 Å². The lowest BCUT2D eigenvalue weighted by Crippen LogP contribution is -2.36. The molecule has 0 radical (unpaired) electrons. The maximum absolute atomic E-state index is 6.04. The SMILES string of the molecule is CN(C)C(CNc1ccncc1Cl)C1CC1. The lowest BCUT2D eigenvalue weighted by atomic mass is 10.1. The molecule has 0 aromatic carbocycles. The van der Waals surface area contributed by atoms with Crippen molar-refractivity contribution in [3.8, 4) is 0 Å². The third kappa shape index (κ3) is 2.86. The molecule has 1 fully saturated rings. The van der Waals surface area contributed by atoms with E-state index in [1.54, 1.807) is 12.4 Å². The van der Waals surface area contributed by atoms with Crippen molar-refractivity contribution in [3.63, 3.8) is 0 Å². The highest BCUT2D eigenvalue weighted by Gasteiger charge is 2.32. The van der Waals surface area contributed by atoms with Gasteiger partial charge in [-0.3, -0.25) is 4.98 Å². The van der Waals surface area contributed by atoms with Gasteiger partial charge in [-0.05, 0) is 38.9 Å². The second kappa shape index (κ2) is 5.02. The van der Waals surface area contributed by atoms with Crippen LogP contribution >= 0.6 is 11.6 Å². The summed E-state index contributed by atoms with van der Waals surface area (Å²) < 4.78 is 0. The van der Waals surface area contributed by atoms with Gasteiger partial charge in [0, 0.05) is 25.0 Å². The van der Waals surface area contributed by atoms with Crippen molar-refractivity contribution in [2.75, 3.05) is 26.0 Å². The van der Waals surface area contributed by atoms with Crippen molar-refractivity contribution in [1.82, 2.24) is 9.88 Å². The highest BCUT2D eigenvalue weighted by Crippen LogP contribution is 2.34. The molecule has 1 aliphatic rings. The minimum absolute atomic E-state index is 0.601. The smallest absolute Gasteiger partial charge is 0.0820 e. The zero-order chi connectivity index (χ0) is 11.5. The van der Waals surface area contributed by atoms with Crippen molar-refractivity contribution in [2.45, 2.75) is 18.9 Å². The molecule has 0 aliphatic heterocycles. The quantitative estimate of drug-likeness (QED) is 0.856. The third-order valence-corrected chi connectivity index (χ3v) is 3.40. The fourth-order valence-corrected chi connectivity index (χ4v) is 2.17. The van der Waals surface area contributed by atoms with E-state index < -0.39 is 0 Å². The molecule has 4 heteroatoms. The Morgan fingerprint density at radius 3 is 2.88 bits per heavy atom. The third-order valence-electron chi connectivity index (χ3n) is 3.10. The van der Waals surface area contributed by atoms with Crippen molar-refractivity contribution < 1.29 is 0 Å². The maximum atomic E-state index is 6.04. The van der Waals surface area contributed by atoms with Gasteiger partial charge in [0.05, 0.1) is 10.7 Å². The Bertz CT molecular complexity index is 348. The number of nitrogens with zero attached hydrogens (tertiary/aromatic N) is 2. The molecular formula is C12H18ClN3. The van der Waals surface area contributed by atoms with E-state index in [2.05, 4.69) is 29.3 Å². The fraction of sp³-hybridized carbons (Fsp3) is 0.583. The lowest BCUT2D eigenvalue weighted by molar-refractivity contribution is 0.276. The van der Waals surface area contributed by atoms with E-state index in [1.807, 2.05) is 6.07 Å². The summed E-state index contributed by atoms with van der Waals surface area (Å²) in [4.78, 5) is 6.26. The molecule has 1 aliphatic carbocycles. The second-order valence-electron chi connectivity index (χ2n) is 4.60. The van der Waals surface area contributed by atoms with E-state index in [9.17, 15) is 0 Å². The molecular weight excluding hydrogens is 222 g/mol. The highest BCUT2D eigenvalue weighted by molar-refractivity contribution is 6.33. The van der Waals surface area contributed by atoms with Crippen molar-refractivity contribution in [2.24, 2.45) is 5.92 Å². The van der Waals surface area contributed by atoms with Crippen LogP contribution in [0.1, 0.15) is 12.8 Å². The summed E-state index contributed by atoms with van der Waals surface area (Å²) >= 11 is 6.04. The minimum atomic E-state index is 0.601. The molecule has 1 heterocycles. The van der Waals surface area contributed by atoms with Crippen LogP contribution in [0.4, 0.5) is 5.69 Å². The molecule has 88 valence electrons. The number of aromatic nitrogens is 1. The van der Waals surface area contributed by atoms with Crippen LogP contribution in [-0.2, 0) is 0 Å². The molecule has 3 nitrogen and oxygen atoms in total. The van der Waals surface area contributed by atoms with Gasteiger partial charge >= 0.3 is 0 Å². The van der Waals surface area contributed by atoms with Crippen LogP contribution in [0.5, 0.6) is 0 Å². The van der Waals surface area contributed by atoms with Gasteiger partial charge in [0.2, 0.25) is 0 Å². The Morgan fingerprint density at radius 1 is 1.56 bits per heavy atom. The average molecular weight is 240 g/mol. The van der Waals surface area contributed by atoms with E-state index in [0.717, 1.165) is 18.2 Å². The van der Waals surface area contributed by atoms with Crippen LogP contribution in [0.25, 0.3) is 0 Å². The van der Waals surface area contributed by atoms with Crippen molar-refractivity contribution in [1.29, 1.82) is 0 Å². The molecule has 1 saturated carbocycles. The highest BCUT2D eigenvalue weighted by atomic mass is 35.5. The molecule has 1 aromatic heterocycles. The fourth-order valence-electron chi connectivity index (χ4n) is 1.98. The van der Waals surface area contributed by atoms with Gasteiger partial charge in [-0.1, -0.05) is 11.6 Å². The first kappa shape index (κ1) is 11.7. The van der Waals surface area contributed by atoms with Crippen molar-refractivity contribution in [3.05, 3.63) is 23.5 Å². The summed E-state index contributed by atoms with van der Waals surface area (Å²) in [6, 6.07) is 2.52. The minimum Gasteiger partial charge on any atom is -0.382 e. The predicted octanol–water partition coefficient (Wildman–Crippen LogP) is 2.49. The number of anilines is 1. The Labute approximate surface area is 102 Å². The molecule has 0 amide bonds. The van der Waals surface area contributed by atoms with Crippen molar-refractivity contribution >= 4 is 17.3 Å². The molecule has 0 spiro atoms. The van der Waals surface area contributed by atoms with Gasteiger partial charge in [-0.2, -0.15) is 0 Å². The zero-order valence-corrected chi connectivity index (χ0v) is 10.5. The Balaban J connectivity index is 1.93. The van der Waals surface area contributed by atoms with Crippen LogP contribution in [0, 0.1) is 5.92 Å². The van der Waals surface area contributed by atoms with E-state index in [4.69, 9.17) is 11.6 Å². The molecule has 1 aromatic rings. The average Bonchev–Trinajstić information content (AvgIpc) is 3.04. The normalized spacial score (nSPS) is 17.5. The van der Waals surface area contributed by atoms with E-state index in [-0.39, 0.29) is 0 Å². The lowest BCUT2D eigenvalue weighted by Gasteiger charge is -2.25. The van der Waals surface area contributed by atoms with E-state index >= 15 is 0 Å². The summed E-state index contributed by atoms with van der Waals surface area (Å²) in [6.07, 6.45) is 6.14. The van der Waals surface area contributed by atoms with Gasteiger partial charge < -0.3 is 10.2 Å². The topological polar surface area (TPSA) is 28.2 Å². The molecule has 16 heavy (non-hydrogen) atoms. The molecule has 1 unspecified atom stereocenters. The van der Waals surface area contributed by atoms with Gasteiger partial charge in [0.1, 0.15) is 0 Å². The second-order valence-corrected chi connectivity index (χ2v) is 5.01. The predicted molar refractivity (Wildman–Crippen MR) is 67.9 cm³/mol. The summed E-state index contributed by atoms with van der Waals surface area (Å²) in [5, 5.41) is 4.09. The van der Waals surface area contributed by atoms with Gasteiger partial charge in [-0.15, -0.1) is 0 Å². The van der Waals surface area contributed by atoms with Gasteiger partial charge in [0.25, 0.3) is 0 Å². The summed E-state index contributed by atoms with van der Waals surface area (Å²) in [5.41, 5.74) is 0.976. The summed E-state index contributed by atoms with van der Waals surface area (Å²) in [5.74, 6) is 0.850. The van der Waals surface area contributed by atoms with Crippen LogP contribution < -0.4 is 5.32 Å². The first-order valence-electron chi connectivity index (χ1n) is 5.68. The number of halogens is 1. The number of nitrogens with one attached hydrogen (secondary N) is 1. The van der Waals surface area contributed by atoms with E-state index in [1.165, 1.54) is 12.8 Å². The van der Waals surface area contributed by atoms with Crippen LogP contribution in [0.3, 0.4) is 0 Å². The number of likely N-dealkylation sites (N-methyl/N-ethyl adjacent to an activating group) is 1. The molecule has 2 rings (SSSR count). The standard InChI is InChI=1S/C12H18ClN3/c1-16(2)12(9-3-4-9)8-15-11-5-6-14-7-10(11)13/h5-7,9,12H,3-4,8H2,1-2H3,(H,14,15). The molecule has 0 saturated heterocycles. The monoisotopic (exact) mass is 239 g/mol. The molecule has 1 N–H and O–H groups in total. The first-order chi connectivity index (χ1) is 7.68. The Morgan fingerprint density at radius 2 is 2.31 bits per heavy atom. The largest absolute Gasteiger partial charge is 0.382 e. The Hall–Kier alpha value is -0.800. The summed E-state index contributed by atoms with van der Waals surface area (Å²) in [7, 11) is 4.28. The molecule has 1 atom stereocenters. The van der Waals surface area contributed by atoms with Crippen LogP contribution in [0.2, 0.25) is 5.02 Å². The number of rotatable bonds is 5. The first-order valence-corrected chi connectivity index (χ1v) is 6.06. The number of pyridine rings is 1. The van der Waals surface area contributed by atoms with E-state index in [0.29, 0.717) is 11.1 Å². The maximum Gasteiger partial charge on any atom is 0.0820 e. The zero-order valence-electron chi connectivity index (χ0n) is 9.78. The van der Waals surface area contributed by atoms with Gasteiger partial charge in [-0.25, -0.2) is 0 Å². The van der Waals surface area contributed by atoms with Crippen LogP contribution in [0.15, 0.2) is 18.5 Å².